The standard InChI is InChI=1S/C24H29N3O3/c1-5-20(28)16-8-13(2)22(14(3)9-16)18-10-17-12-25-21(26-23(29)15-6-7-15)11-19(17)27(4)24(18)30/h8-12,15,20,24,28,30H,5-7H2,1-4H3,(H,25,26,29)/t20-,24?/m1/s1. The lowest BCUT2D eigenvalue weighted by Crippen LogP contribution is -2.35. The van der Waals surface area contributed by atoms with E-state index >= 15 is 0 Å². The van der Waals surface area contributed by atoms with Crippen molar-refractivity contribution in [2.75, 3.05) is 17.3 Å². The lowest BCUT2D eigenvalue weighted by molar-refractivity contribution is -0.117. The van der Waals surface area contributed by atoms with Crippen LogP contribution in [0.5, 0.6) is 0 Å². The summed E-state index contributed by atoms with van der Waals surface area (Å²) in [5.41, 5.74) is 6.42. The summed E-state index contributed by atoms with van der Waals surface area (Å²) >= 11 is 0. The second-order valence-corrected chi connectivity index (χ2v) is 8.43. The SMILES string of the molecule is CC[C@@H](O)c1cc(C)c(C2=Cc3cnc(NC(=O)C4CC4)cc3N(C)C2O)c(C)c1. The van der Waals surface area contributed by atoms with Gasteiger partial charge in [-0.05, 0) is 61.4 Å². The van der Waals surface area contributed by atoms with Crippen LogP contribution >= 0.6 is 0 Å². The third kappa shape index (κ3) is 3.73. The van der Waals surface area contributed by atoms with Gasteiger partial charge in [-0.3, -0.25) is 4.79 Å². The van der Waals surface area contributed by atoms with Crippen molar-refractivity contribution in [3.8, 4) is 0 Å². The van der Waals surface area contributed by atoms with Gasteiger partial charge in [-0.1, -0.05) is 19.1 Å². The second kappa shape index (κ2) is 7.85. The minimum absolute atomic E-state index is 0.0123. The Kier molecular flexibility index (Phi) is 5.38. The highest BCUT2D eigenvalue weighted by atomic mass is 16.3. The van der Waals surface area contributed by atoms with Gasteiger partial charge in [-0.25, -0.2) is 4.98 Å². The molecule has 1 unspecified atom stereocenters. The van der Waals surface area contributed by atoms with E-state index in [1.807, 2.05) is 52.1 Å². The zero-order valence-corrected chi connectivity index (χ0v) is 17.9. The zero-order chi connectivity index (χ0) is 21.6. The maximum atomic E-state index is 12.1. The molecule has 2 aromatic rings. The summed E-state index contributed by atoms with van der Waals surface area (Å²) in [5, 5.41) is 24.2. The van der Waals surface area contributed by atoms with Gasteiger partial charge < -0.3 is 20.4 Å². The molecule has 1 aromatic heterocycles. The first kappa shape index (κ1) is 20.6. The molecule has 1 aliphatic carbocycles. The number of carbonyl (C=O) groups is 1. The molecule has 0 saturated heterocycles. The summed E-state index contributed by atoms with van der Waals surface area (Å²) in [7, 11) is 1.84. The molecule has 30 heavy (non-hydrogen) atoms. The van der Waals surface area contributed by atoms with Gasteiger partial charge in [0.25, 0.3) is 0 Å². The molecule has 1 aromatic carbocycles. The number of fused-ring (bicyclic) bond motifs is 1. The molecule has 3 N–H and O–H groups in total. The first-order valence-corrected chi connectivity index (χ1v) is 10.5. The second-order valence-electron chi connectivity index (χ2n) is 8.43. The van der Waals surface area contributed by atoms with E-state index in [1.54, 1.807) is 11.1 Å². The van der Waals surface area contributed by atoms with Crippen LogP contribution in [-0.4, -0.2) is 34.4 Å². The van der Waals surface area contributed by atoms with E-state index in [9.17, 15) is 15.0 Å². The highest BCUT2D eigenvalue weighted by Crippen LogP contribution is 2.39. The molecular weight excluding hydrogens is 378 g/mol. The average molecular weight is 408 g/mol. The number of hydrogen-bond donors (Lipinski definition) is 3. The molecule has 2 atom stereocenters. The summed E-state index contributed by atoms with van der Waals surface area (Å²) in [6.45, 7) is 5.97. The maximum absolute atomic E-state index is 12.1. The molecule has 0 spiro atoms. The number of nitrogens with zero attached hydrogens (tertiary/aromatic N) is 2. The molecule has 1 amide bonds. The molecular formula is C24H29N3O3. The largest absolute Gasteiger partial charge is 0.388 e. The van der Waals surface area contributed by atoms with Crippen LogP contribution in [0.4, 0.5) is 11.5 Å². The number of carbonyl (C=O) groups excluding carboxylic acids is 1. The number of anilines is 2. The predicted molar refractivity (Wildman–Crippen MR) is 119 cm³/mol. The average Bonchev–Trinajstić information content (AvgIpc) is 3.56. The minimum Gasteiger partial charge on any atom is -0.388 e. The molecule has 1 saturated carbocycles. The van der Waals surface area contributed by atoms with Gasteiger partial charge in [0.15, 0.2) is 6.23 Å². The Bertz CT molecular complexity index is 1000. The Hall–Kier alpha value is -2.70. The first-order chi connectivity index (χ1) is 14.3. The Morgan fingerprint density at radius 2 is 1.93 bits per heavy atom. The molecule has 158 valence electrons. The van der Waals surface area contributed by atoms with Crippen LogP contribution in [-0.2, 0) is 4.79 Å². The van der Waals surface area contributed by atoms with E-state index in [-0.39, 0.29) is 11.8 Å². The summed E-state index contributed by atoms with van der Waals surface area (Å²) in [6, 6.07) is 5.80. The van der Waals surface area contributed by atoms with E-state index in [1.165, 1.54) is 0 Å². The van der Waals surface area contributed by atoms with E-state index in [0.717, 1.165) is 51.9 Å². The molecule has 6 nitrogen and oxygen atoms in total. The number of likely N-dealkylation sites (N-methyl/N-ethyl adjacent to an activating group) is 1. The van der Waals surface area contributed by atoms with Crippen molar-refractivity contribution in [2.24, 2.45) is 5.92 Å². The highest BCUT2D eigenvalue weighted by Gasteiger charge is 2.31. The molecule has 2 heterocycles. The fourth-order valence-corrected chi connectivity index (χ4v) is 4.18. The number of aliphatic hydroxyl groups excluding tert-OH is 2. The van der Waals surface area contributed by atoms with Gasteiger partial charge in [-0.2, -0.15) is 0 Å². The third-order valence-electron chi connectivity index (χ3n) is 6.06. The summed E-state index contributed by atoms with van der Waals surface area (Å²) < 4.78 is 0. The van der Waals surface area contributed by atoms with Crippen LogP contribution in [0, 0.1) is 19.8 Å². The maximum Gasteiger partial charge on any atom is 0.228 e. The van der Waals surface area contributed by atoms with Crippen molar-refractivity contribution in [1.29, 1.82) is 0 Å². The van der Waals surface area contributed by atoms with Crippen molar-refractivity contribution in [1.82, 2.24) is 4.98 Å². The number of aliphatic hydroxyl groups is 2. The molecule has 0 radical (unpaired) electrons. The van der Waals surface area contributed by atoms with E-state index < -0.39 is 12.3 Å². The van der Waals surface area contributed by atoms with Crippen molar-refractivity contribution >= 4 is 29.1 Å². The van der Waals surface area contributed by atoms with E-state index in [4.69, 9.17) is 0 Å². The summed E-state index contributed by atoms with van der Waals surface area (Å²) in [4.78, 5) is 18.3. The van der Waals surface area contributed by atoms with Gasteiger partial charge >= 0.3 is 0 Å². The smallest absolute Gasteiger partial charge is 0.228 e. The van der Waals surface area contributed by atoms with Crippen molar-refractivity contribution in [3.63, 3.8) is 0 Å². The number of pyridine rings is 1. The Morgan fingerprint density at radius 3 is 2.53 bits per heavy atom. The topological polar surface area (TPSA) is 85.7 Å². The molecule has 6 heteroatoms. The molecule has 0 bridgehead atoms. The molecule has 1 fully saturated rings. The quantitative estimate of drug-likeness (QED) is 0.702. The fraction of sp³-hybridized carbons (Fsp3) is 0.417. The predicted octanol–water partition coefficient (Wildman–Crippen LogP) is 3.80. The monoisotopic (exact) mass is 407 g/mol. The van der Waals surface area contributed by atoms with Gasteiger partial charge in [0.05, 0.1) is 11.8 Å². The van der Waals surface area contributed by atoms with Crippen molar-refractivity contribution < 1.29 is 15.0 Å². The molecule has 4 rings (SSSR count). The van der Waals surface area contributed by atoms with Crippen LogP contribution in [0.2, 0.25) is 0 Å². The fourth-order valence-electron chi connectivity index (χ4n) is 4.18. The number of hydrogen-bond acceptors (Lipinski definition) is 5. The number of aromatic nitrogens is 1. The number of aryl methyl sites for hydroxylation is 2. The Morgan fingerprint density at radius 1 is 1.27 bits per heavy atom. The number of amides is 1. The summed E-state index contributed by atoms with van der Waals surface area (Å²) in [5.74, 6) is 0.628. The van der Waals surface area contributed by atoms with Gasteiger partial charge in [0, 0.05) is 36.4 Å². The van der Waals surface area contributed by atoms with Crippen LogP contribution < -0.4 is 10.2 Å². The van der Waals surface area contributed by atoms with Gasteiger partial charge in [0.1, 0.15) is 5.82 Å². The molecule has 1 aliphatic heterocycles. The van der Waals surface area contributed by atoms with Crippen molar-refractivity contribution in [3.05, 3.63) is 52.2 Å². The van der Waals surface area contributed by atoms with E-state index in [2.05, 4.69) is 10.3 Å². The van der Waals surface area contributed by atoms with E-state index in [0.29, 0.717) is 12.2 Å². The lowest BCUT2D eigenvalue weighted by Gasteiger charge is -2.34. The number of benzene rings is 1. The minimum atomic E-state index is -0.828. The van der Waals surface area contributed by atoms with Crippen LogP contribution in [0.15, 0.2) is 24.4 Å². The third-order valence-corrected chi connectivity index (χ3v) is 6.06. The Balaban J connectivity index is 1.71. The zero-order valence-electron chi connectivity index (χ0n) is 17.9. The first-order valence-electron chi connectivity index (χ1n) is 10.5. The van der Waals surface area contributed by atoms with Crippen LogP contribution in [0.25, 0.3) is 11.6 Å². The van der Waals surface area contributed by atoms with Gasteiger partial charge in [0.2, 0.25) is 5.91 Å². The molecule has 2 aliphatic rings. The normalized spacial score (nSPS) is 19.2. The lowest BCUT2D eigenvalue weighted by atomic mass is 9.88. The van der Waals surface area contributed by atoms with Crippen LogP contribution in [0.1, 0.15) is 60.1 Å². The van der Waals surface area contributed by atoms with Crippen LogP contribution in [0.3, 0.4) is 0 Å². The number of nitrogens with one attached hydrogen (secondary N) is 1. The van der Waals surface area contributed by atoms with Gasteiger partial charge in [-0.15, -0.1) is 0 Å². The highest BCUT2D eigenvalue weighted by molar-refractivity contribution is 5.96. The Labute approximate surface area is 177 Å². The number of rotatable bonds is 5. The van der Waals surface area contributed by atoms with Crippen molar-refractivity contribution in [2.45, 2.75) is 52.4 Å². The summed E-state index contributed by atoms with van der Waals surface area (Å²) in [6.07, 6.45) is 4.92.